The minimum atomic E-state index is -0.222. The Morgan fingerprint density at radius 1 is 1.46 bits per heavy atom. The normalized spacial score (nSPS) is 16.2. The second-order valence-corrected chi connectivity index (χ2v) is 5.94. The van der Waals surface area contributed by atoms with E-state index in [1.807, 2.05) is 25.1 Å². The van der Waals surface area contributed by atoms with Crippen LogP contribution in [0, 0.1) is 12.8 Å². The quantitative estimate of drug-likeness (QED) is 0.912. The van der Waals surface area contributed by atoms with Gasteiger partial charge >= 0.3 is 0 Å². The van der Waals surface area contributed by atoms with E-state index in [2.05, 4.69) is 10.3 Å². The molecule has 0 saturated heterocycles. The molecule has 1 atom stereocenters. The van der Waals surface area contributed by atoms with E-state index in [1.54, 1.807) is 14.0 Å². The Bertz CT molecular complexity index is 739. The molecule has 0 fully saturated rings. The molecule has 0 bridgehead atoms. The van der Waals surface area contributed by atoms with Crippen molar-refractivity contribution in [1.29, 1.82) is 0 Å². The van der Waals surface area contributed by atoms with Crippen molar-refractivity contribution >= 4 is 5.91 Å². The maximum absolute atomic E-state index is 12.3. The van der Waals surface area contributed by atoms with E-state index in [9.17, 15) is 4.79 Å². The van der Waals surface area contributed by atoms with Crippen molar-refractivity contribution in [2.45, 2.75) is 26.7 Å². The minimum Gasteiger partial charge on any atom is -0.497 e. The van der Waals surface area contributed by atoms with Crippen molar-refractivity contribution in [3.8, 4) is 11.5 Å². The lowest BCUT2D eigenvalue weighted by molar-refractivity contribution is 0.0908. The number of hydrogen-bond acceptors (Lipinski definition) is 5. The molecule has 6 nitrogen and oxygen atoms in total. The van der Waals surface area contributed by atoms with Gasteiger partial charge in [-0.2, -0.15) is 0 Å². The highest BCUT2D eigenvalue weighted by molar-refractivity contribution is 5.92. The number of hydrogen-bond donors (Lipinski definition) is 1. The van der Waals surface area contributed by atoms with Crippen molar-refractivity contribution < 1.29 is 18.7 Å². The molecule has 0 spiro atoms. The fraction of sp³-hybridized carbons (Fsp3) is 0.444. The summed E-state index contributed by atoms with van der Waals surface area (Å²) in [6, 6.07) is 5.83. The number of aromatic nitrogens is 1. The number of nitrogens with zero attached hydrogens (tertiary/aromatic N) is 1. The van der Waals surface area contributed by atoms with Crippen molar-refractivity contribution in [1.82, 2.24) is 10.3 Å². The second kappa shape index (κ2) is 6.95. The molecule has 1 aliphatic rings. The molecule has 0 aliphatic carbocycles. The summed E-state index contributed by atoms with van der Waals surface area (Å²) in [6.45, 7) is 4.83. The summed E-state index contributed by atoms with van der Waals surface area (Å²) >= 11 is 0. The fourth-order valence-electron chi connectivity index (χ4n) is 2.80. The molecule has 0 saturated carbocycles. The first-order valence-electron chi connectivity index (χ1n) is 8.15. The summed E-state index contributed by atoms with van der Waals surface area (Å²) in [6.07, 6.45) is 1.53. The minimum absolute atomic E-state index is 0.222. The van der Waals surface area contributed by atoms with Gasteiger partial charge in [-0.25, -0.2) is 4.98 Å². The molecule has 1 amide bonds. The van der Waals surface area contributed by atoms with Crippen LogP contribution in [0.4, 0.5) is 0 Å². The molecule has 24 heavy (non-hydrogen) atoms. The van der Waals surface area contributed by atoms with Crippen LogP contribution in [0.3, 0.4) is 0 Å². The number of rotatable bonds is 5. The Kier molecular flexibility index (Phi) is 4.74. The predicted molar refractivity (Wildman–Crippen MR) is 88.6 cm³/mol. The number of benzene rings is 1. The van der Waals surface area contributed by atoms with Crippen molar-refractivity contribution in [3.63, 3.8) is 0 Å². The standard InChI is InChI=1S/C18H22N2O4/c1-4-16-20-11(2)17(24-16)18(21)19-9-12-7-13-5-6-14(22-3)8-15(13)23-10-12/h5-6,8,12H,4,7,9-10H2,1-3H3,(H,19,21)/t12-/m1/s1. The predicted octanol–water partition coefficient (Wildman–Crippen LogP) is 2.54. The Labute approximate surface area is 141 Å². The Morgan fingerprint density at radius 2 is 2.29 bits per heavy atom. The number of methoxy groups -OCH3 is 1. The van der Waals surface area contributed by atoms with E-state index in [4.69, 9.17) is 13.9 Å². The van der Waals surface area contributed by atoms with E-state index in [1.165, 1.54) is 0 Å². The smallest absolute Gasteiger partial charge is 0.289 e. The van der Waals surface area contributed by atoms with Crippen molar-refractivity contribution in [2.24, 2.45) is 5.92 Å². The number of fused-ring (bicyclic) bond motifs is 1. The van der Waals surface area contributed by atoms with Gasteiger partial charge in [-0.05, 0) is 25.0 Å². The highest BCUT2D eigenvalue weighted by Crippen LogP contribution is 2.30. The maximum atomic E-state index is 12.3. The van der Waals surface area contributed by atoms with Gasteiger partial charge in [0.25, 0.3) is 5.91 Å². The van der Waals surface area contributed by atoms with Crippen LogP contribution < -0.4 is 14.8 Å². The zero-order valence-electron chi connectivity index (χ0n) is 14.2. The van der Waals surface area contributed by atoms with E-state index in [0.29, 0.717) is 36.9 Å². The van der Waals surface area contributed by atoms with Gasteiger partial charge in [-0.3, -0.25) is 4.79 Å². The van der Waals surface area contributed by atoms with Crippen molar-refractivity contribution in [3.05, 3.63) is 41.1 Å². The van der Waals surface area contributed by atoms with E-state index in [-0.39, 0.29) is 11.8 Å². The summed E-state index contributed by atoms with van der Waals surface area (Å²) < 4.78 is 16.5. The van der Waals surface area contributed by atoms with E-state index in [0.717, 1.165) is 23.5 Å². The zero-order valence-corrected chi connectivity index (χ0v) is 14.2. The van der Waals surface area contributed by atoms with Gasteiger partial charge in [-0.1, -0.05) is 13.0 Å². The molecule has 0 radical (unpaired) electrons. The molecule has 128 valence electrons. The highest BCUT2D eigenvalue weighted by atomic mass is 16.5. The van der Waals surface area contributed by atoms with E-state index < -0.39 is 0 Å². The van der Waals surface area contributed by atoms with Crippen molar-refractivity contribution in [2.75, 3.05) is 20.3 Å². The molecular formula is C18H22N2O4. The number of carbonyl (C=O) groups is 1. The van der Waals surface area contributed by atoms with E-state index >= 15 is 0 Å². The number of carbonyl (C=O) groups excluding carboxylic acids is 1. The first kappa shape index (κ1) is 16.4. The zero-order chi connectivity index (χ0) is 17.1. The van der Waals surface area contributed by atoms with Crippen LogP contribution in [0.15, 0.2) is 22.6 Å². The van der Waals surface area contributed by atoms with Gasteiger partial charge in [0, 0.05) is 24.9 Å². The molecule has 2 aromatic rings. The van der Waals surface area contributed by atoms with Crippen LogP contribution in [0.1, 0.15) is 34.6 Å². The first-order chi connectivity index (χ1) is 11.6. The molecule has 1 N–H and O–H groups in total. The Morgan fingerprint density at radius 3 is 3.00 bits per heavy atom. The number of aryl methyl sites for hydroxylation is 2. The summed E-state index contributed by atoms with van der Waals surface area (Å²) in [5.74, 6) is 2.53. The maximum Gasteiger partial charge on any atom is 0.289 e. The SMILES string of the molecule is CCc1nc(C)c(C(=O)NC[C@@H]2COc3cc(OC)ccc3C2)o1. The van der Waals surface area contributed by atoms with Gasteiger partial charge in [0.05, 0.1) is 19.4 Å². The number of oxazole rings is 1. The molecule has 3 rings (SSSR count). The average Bonchev–Trinajstić information content (AvgIpc) is 3.00. The third-order valence-electron chi connectivity index (χ3n) is 4.16. The van der Waals surface area contributed by atoms with Crippen LogP contribution in [0.25, 0.3) is 0 Å². The third-order valence-corrected chi connectivity index (χ3v) is 4.16. The Balaban J connectivity index is 1.59. The molecule has 1 aromatic carbocycles. The number of amides is 1. The Hall–Kier alpha value is -2.50. The molecule has 0 unspecified atom stereocenters. The van der Waals surface area contributed by atoms with Gasteiger partial charge in [0.2, 0.25) is 5.76 Å². The van der Waals surface area contributed by atoms with Gasteiger partial charge in [0.15, 0.2) is 5.89 Å². The molecule has 1 aromatic heterocycles. The van der Waals surface area contributed by atoms with Crippen LogP contribution in [-0.2, 0) is 12.8 Å². The second-order valence-electron chi connectivity index (χ2n) is 5.94. The summed E-state index contributed by atoms with van der Waals surface area (Å²) in [7, 11) is 1.64. The summed E-state index contributed by atoms with van der Waals surface area (Å²) in [5.41, 5.74) is 1.76. The third kappa shape index (κ3) is 3.37. The lowest BCUT2D eigenvalue weighted by Gasteiger charge is -2.25. The van der Waals surface area contributed by atoms with Gasteiger partial charge in [0.1, 0.15) is 11.5 Å². The average molecular weight is 330 g/mol. The number of ether oxygens (including phenoxy) is 2. The van der Waals surface area contributed by atoms with Crippen LogP contribution >= 0.6 is 0 Å². The van der Waals surface area contributed by atoms with Crippen LogP contribution in [0.5, 0.6) is 11.5 Å². The molecule has 1 aliphatic heterocycles. The molecule has 2 heterocycles. The lowest BCUT2D eigenvalue weighted by atomic mass is 9.96. The monoisotopic (exact) mass is 330 g/mol. The fourth-order valence-corrected chi connectivity index (χ4v) is 2.80. The first-order valence-corrected chi connectivity index (χ1v) is 8.15. The molecular weight excluding hydrogens is 308 g/mol. The summed E-state index contributed by atoms with van der Waals surface area (Å²) in [4.78, 5) is 16.5. The molecule has 6 heteroatoms. The number of nitrogens with one attached hydrogen (secondary N) is 1. The summed E-state index contributed by atoms with van der Waals surface area (Å²) in [5, 5.41) is 2.92. The topological polar surface area (TPSA) is 73.6 Å². The van der Waals surface area contributed by atoms with Crippen LogP contribution in [-0.4, -0.2) is 31.2 Å². The van der Waals surface area contributed by atoms with Crippen LogP contribution in [0.2, 0.25) is 0 Å². The highest BCUT2D eigenvalue weighted by Gasteiger charge is 2.23. The van der Waals surface area contributed by atoms with Gasteiger partial charge < -0.3 is 19.2 Å². The lowest BCUT2D eigenvalue weighted by Crippen LogP contribution is -2.34. The largest absolute Gasteiger partial charge is 0.497 e. The van der Waals surface area contributed by atoms with Gasteiger partial charge in [-0.15, -0.1) is 0 Å².